The molecule has 0 saturated heterocycles. The number of nitrogens with zero attached hydrogens (tertiary/aromatic N) is 1. The molecule has 0 spiro atoms. The molecule has 0 aromatic heterocycles. The van der Waals surface area contributed by atoms with Crippen LogP contribution < -0.4 is 5.73 Å². The molecule has 0 aliphatic heterocycles. The van der Waals surface area contributed by atoms with Crippen LogP contribution in [-0.2, 0) is 0 Å². The second-order valence-electron chi connectivity index (χ2n) is 3.68. The fraction of sp³-hybridized carbons (Fsp3) is 0.357. The van der Waals surface area contributed by atoms with E-state index in [1.807, 2.05) is 13.8 Å². The van der Waals surface area contributed by atoms with Crippen molar-refractivity contribution in [1.82, 2.24) is 4.90 Å². The lowest BCUT2D eigenvalue weighted by molar-refractivity contribution is 0.0768. The smallest absolute Gasteiger partial charge is 0.256 e. The zero-order chi connectivity index (χ0) is 13.5. The summed E-state index contributed by atoms with van der Waals surface area (Å²) in [4.78, 5) is 13.6. The molecular weight excluding hydrogens is 231 g/mol. The molecule has 96 valence electrons. The van der Waals surface area contributed by atoms with E-state index in [1.54, 1.807) is 4.90 Å². The maximum absolute atomic E-state index is 13.7. The summed E-state index contributed by atoms with van der Waals surface area (Å²) in [6, 6.07) is 4.27. The molecule has 0 fully saturated rings. The third-order valence-electron chi connectivity index (χ3n) is 2.58. The summed E-state index contributed by atoms with van der Waals surface area (Å²) in [5.74, 6) is 4.63. The van der Waals surface area contributed by atoms with Crippen molar-refractivity contribution in [1.29, 1.82) is 0 Å². The van der Waals surface area contributed by atoms with Gasteiger partial charge in [0.25, 0.3) is 5.91 Å². The van der Waals surface area contributed by atoms with Gasteiger partial charge in [0.1, 0.15) is 5.82 Å². The molecule has 0 aliphatic carbocycles. The van der Waals surface area contributed by atoms with Gasteiger partial charge in [0.15, 0.2) is 0 Å². The van der Waals surface area contributed by atoms with Gasteiger partial charge in [-0.25, -0.2) is 4.39 Å². The van der Waals surface area contributed by atoms with Crippen molar-refractivity contribution >= 4 is 5.91 Å². The molecule has 2 N–H and O–H groups in total. The van der Waals surface area contributed by atoms with Crippen LogP contribution in [0.15, 0.2) is 18.2 Å². The first-order chi connectivity index (χ1) is 8.63. The summed E-state index contributed by atoms with van der Waals surface area (Å²) >= 11 is 0. The molecule has 0 radical (unpaired) electrons. The van der Waals surface area contributed by atoms with E-state index in [0.29, 0.717) is 18.7 Å². The minimum atomic E-state index is -0.523. The normalized spacial score (nSPS) is 9.56. The number of rotatable bonds is 3. The summed E-state index contributed by atoms with van der Waals surface area (Å²) in [5, 5.41) is 0. The molecular formula is C14H17FN2O. The van der Waals surface area contributed by atoms with Gasteiger partial charge in [-0.1, -0.05) is 11.8 Å². The van der Waals surface area contributed by atoms with Crippen molar-refractivity contribution in [2.24, 2.45) is 5.73 Å². The molecule has 3 nitrogen and oxygen atoms in total. The van der Waals surface area contributed by atoms with Crippen LogP contribution in [0.5, 0.6) is 0 Å². The van der Waals surface area contributed by atoms with Crippen LogP contribution in [0, 0.1) is 17.7 Å². The van der Waals surface area contributed by atoms with Crippen LogP contribution in [0.2, 0.25) is 0 Å². The first-order valence-corrected chi connectivity index (χ1v) is 5.91. The Balaban J connectivity index is 3.11. The van der Waals surface area contributed by atoms with Crippen LogP contribution in [-0.4, -0.2) is 30.4 Å². The van der Waals surface area contributed by atoms with Gasteiger partial charge in [0.05, 0.1) is 12.1 Å². The lowest BCUT2D eigenvalue weighted by atomic mass is 10.1. The minimum Gasteiger partial charge on any atom is -0.339 e. The highest BCUT2D eigenvalue weighted by Crippen LogP contribution is 2.13. The molecule has 0 atom stereocenters. The Morgan fingerprint density at radius 3 is 2.61 bits per heavy atom. The molecule has 1 rings (SSSR count). The summed E-state index contributed by atoms with van der Waals surface area (Å²) in [7, 11) is 0. The number of nitrogens with two attached hydrogens (primary N) is 1. The van der Waals surface area contributed by atoms with E-state index < -0.39 is 5.82 Å². The summed E-state index contributed by atoms with van der Waals surface area (Å²) in [6.45, 7) is 5.05. The van der Waals surface area contributed by atoms with Crippen molar-refractivity contribution in [2.75, 3.05) is 19.6 Å². The molecule has 0 aliphatic rings. The minimum absolute atomic E-state index is 0.0579. The predicted molar refractivity (Wildman–Crippen MR) is 69.6 cm³/mol. The maximum Gasteiger partial charge on any atom is 0.256 e. The Morgan fingerprint density at radius 1 is 1.39 bits per heavy atom. The van der Waals surface area contributed by atoms with Gasteiger partial charge in [-0.3, -0.25) is 4.79 Å². The fourth-order valence-corrected chi connectivity index (χ4v) is 1.60. The number of hydrogen-bond donors (Lipinski definition) is 1. The second kappa shape index (κ2) is 6.77. The molecule has 1 aromatic rings. The standard InChI is InChI=1S/C14H17FN2O/c1-3-17(4-2)14(18)12-10-11(6-5-9-16)7-8-13(12)15/h7-8,10H,3-4,9,16H2,1-2H3. The Bertz CT molecular complexity index is 484. The molecule has 0 unspecified atom stereocenters. The average Bonchev–Trinajstić information content (AvgIpc) is 2.39. The molecule has 18 heavy (non-hydrogen) atoms. The average molecular weight is 248 g/mol. The molecule has 0 saturated carbocycles. The topological polar surface area (TPSA) is 46.3 Å². The van der Waals surface area contributed by atoms with Crippen LogP contribution in [0.4, 0.5) is 4.39 Å². The number of amides is 1. The number of carbonyl (C=O) groups excluding carboxylic acids is 1. The quantitative estimate of drug-likeness (QED) is 0.826. The summed E-state index contributed by atoms with van der Waals surface area (Å²) in [5.41, 5.74) is 5.93. The number of halogens is 1. The lowest BCUT2D eigenvalue weighted by Crippen LogP contribution is -2.31. The van der Waals surface area contributed by atoms with Crippen molar-refractivity contribution in [3.05, 3.63) is 35.1 Å². The van der Waals surface area contributed by atoms with Gasteiger partial charge >= 0.3 is 0 Å². The van der Waals surface area contributed by atoms with Crippen LogP contribution in [0.1, 0.15) is 29.8 Å². The van der Waals surface area contributed by atoms with Crippen molar-refractivity contribution in [3.63, 3.8) is 0 Å². The van der Waals surface area contributed by atoms with Crippen LogP contribution in [0.25, 0.3) is 0 Å². The number of benzene rings is 1. The largest absolute Gasteiger partial charge is 0.339 e. The first kappa shape index (κ1) is 14.2. The Kier molecular flexibility index (Phi) is 5.34. The Morgan fingerprint density at radius 2 is 2.06 bits per heavy atom. The maximum atomic E-state index is 13.7. The molecule has 0 heterocycles. The van der Waals surface area contributed by atoms with Crippen molar-refractivity contribution < 1.29 is 9.18 Å². The summed E-state index contributed by atoms with van der Waals surface area (Å²) in [6.07, 6.45) is 0. The van der Waals surface area contributed by atoms with Crippen LogP contribution in [0.3, 0.4) is 0 Å². The van der Waals surface area contributed by atoms with Crippen molar-refractivity contribution in [2.45, 2.75) is 13.8 Å². The second-order valence-corrected chi connectivity index (χ2v) is 3.68. The first-order valence-electron chi connectivity index (χ1n) is 5.91. The monoisotopic (exact) mass is 248 g/mol. The number of hydrogen-bond acceptors (Lipinski definition) is 2. The van der Waals surface area contributed by atoms with E-state index in [4.69, 9.17) is 5.73 Å². The lowest BCUT2D eigenvalue weighted by Gasteiger charge is -2.18. The van der Waals surface area contributed by atoms with Gasteiger partial charge in [0.2, 0.25) is 0 Å². The number of carbonyl (C=O) groups is 1. The Labute approximate surface area is 107 Å². The SMILES string of the molecule is CCN(CC)C(=O)c1cc(C#CCN)ccc1F. The molecule has 4 heteroatoms. The third-order valence-corrected chi connectivity index (χ3v) is 2.58. The van der Waals surface area contributed by atoms with E-state index in [9.17, 15) is 9.18 Å². The van der Waals surface area contributed by atoms with Gasteiger partial charge in [0, 0.05) is 18.7 Å². The van der Waals surface area contributed by atoms with Gasteiger partial charge < -0.3 is 10.6 Å². The van der Waals surface area contributed by atoms with Gasteiger partial charge in [-0.15, -0.1) is 0 Å². The molecule has 0 bridgehead atoms. The predicted octanol–water partition coefficient (Wildman–Crippen LogP) is 1.62. The van der Waals surface area contributed by atoms with E-state index in [2.05, 4.69) is 11.8 Å². The highest BCUT2D eigenvalue weighted by molar-refractivity contribution is 5.94. The van der Waals surface area contributed by atoms with E-state index >= 15 is 0 Å². The van der Waals surface area contributed by atoms with Crippen molar-refractivity contribution in [3.8, 4) is 11.8 Å². The summed E-state index contributed by atoms with van der Waals surface area (Å²) < 4.78 is 13.7. The Hall–Kier alpha value is -1.86. The molecule has 1 aromatic carbocycles. The van der Waals surface area contributed by atoms with E-state index in [0.717, 1.165) is 0 Å². The zero-order valence-electron chi connectivity index (χ0n) is 10.7. The highest BCUT2D eigenvalue weighted by Gasteiger charge is 2.16. The van der Waals surface area contributed by atoms with E-state index in [1.165, 1.54) is 18.2 Å². The zero-order valence-corrected chi connectivity index (χ0v) is 10.7. The van der Waals surface area contributed by atoms with E-state index in [-0.39, 0.29) is 18.0 Å². The fourth-order valence-electron chi connectivity index (χ4n) is 1.60. The van der Waals surface area contributed by atoms with Gasteiger partial charge in [-0.2, -0.15) is 0 Å². The third kappa shape index (κ3) is 3.31. The van der Waals surface area contributed by atoms with Crippen LogP contribution >= 0.6 is 0 Å². The highest BCUT2D eigenvalue weighted by atomic mass is 19.1. The molecule has 1 amide bonds. The van der Waals surface area contributed by atoms with Gasteiger partial charge in [-0.05, 0) is 32.0 Å².